The topological polar surface area (TPSA) is 20.3 Å². The maximum Gasteiger partial charge on any atom is 0.219 e. The van der Waals surface area contributed by atoms with E-state index in [1.807, 2.05) is 0 Å². The van der Waals surface area contributed by atoms with Gasteiger partial charge in [-0.25, -0.2) is 0 Å². The number of hydrogen-bond donors (Lipinski definition) is 0. The predicted octanol–water partition coefficient (Wildman–Crippen LogP) is 0.0528. The first kappa shape index (κ1) is 4.62. The lowest BCUT2D eigenvalue weighted by Gasteiger charge is -2.28. The summed E-state index contributed by atoms with van der Waals surface area (Å²) < 4.78 is 0. The van der Waals surface area contributed by atoms with E-state index < -0.39 is 0 Å². The van der Waals surface area contributed by atoms with Crippen LogP contribution in [0.3, 0.4) is 0 Å². The summed E-state index contributed by atoms with van der Waals surface area (Å²) in [6, 6.07) is 0. The highest BCUT2D eigenvalue weighted by molar-refractivity contribution is 5.74. The minimum Gasteiger partial charge on any atom is -0.342 e. The van der Waals surface area contributed by atoms with E-state index in [0.717, 1.165) is 13.1 Å². The Bertz CT molecular complexity index is 86.1. The average molecular weight is 98.1 g/mol. The summed E-state index contributed by atoms with van der Waals surface area (Å²) in [6.07, 6.45) is 2.07. The van der Waals surface area contributed by atoms with Crippen molar-refractivity contribution >= 4 is 5.91 Å². The summed E-state index contributed by atoms with van der Waals surface area (Å²) in [6.45, 7) is 3.30. The lowest BCUT2D eigenvalue weighted by molar-refractivity contribution is -0.130. The second-order valence-electron chi connectivity index (χ2n) is 1.71. The van der Waals surface area contributed by atoms with E-state index in [9.17, 15) is 4.79 Å². The van der Waals surface area contributed by atoms with Crippen LogP contribution in [-0.2, 0) is 4.79 Å². The third-order valence-corrected chi connectivity index (χ3v) is 1.14. The Morgan fingerprint density at radius 3 is 2.29 bits per heavy atom. The summed E-state index contributed by atoms with van der Waals surface area (Å²) in [7, 11) is 0. The normalized spacial score (nSPS) is 18.7. The van der Waals surface area contributed by atoms with Gasteiger partial charge in [-0.2, -0.15) is 0 Å². The van der Waals surface area contributed by atoms with Gasteiger partial charge in [0, 0.05) is 26.4 Å². The molecule has 39 valence electrons. The van der Waals surface area contributed by atoms with Crippen LogP contribution >= 0.6 is 0 Å². The second kappa shape index (κ2) is 1.52. The molecule has 7 heavy (non-hydrogen) atoms. The smallest absolute Gasteiger partial charge is 0.219 e. The van der Waals surface area contributed by atoms with Crippen molar-refractivity contribution in [1.29, 1.82) is 0 Å². The van der Waals surface area contributed by atoms with Gasteiger partial charge in [0.2, 0.25) is 5.91 Å². The van der Waals surface area contributed by atoms with Crippen LogP contribution in [0.15, 0.2) is 0 Å². The maximum absolute atomic E-state index is 10.3. The van der Waals surface area contributed by atoms with Crippen LogP contribution in [0.1, 0.15) is 6.92 Å². The van der Waals surface area contributed by atoms with Crippen LogP contribution in [0.25, 0.3) is 0 Å². The van der Waals surface area contributed by atoms with Gasteiger partial charge in [0.1, 0.15) is 0 Å². The first-order chi connectivity index (χ1) is 3.30. The number of hydrogen-bond acceptors (Lipinski definition) is 1. The molecule has 0 bridgehead atoms. The lowest BCUT2D eigenvalue weighted by Crippen LogP contribution is -2.41. The lowest BCUT2D eigenvalue weighted by atomic mass is 10.2. The van der Waals surface area contributed by atoms with Crippen molar-refractivity contribution in [3.05, 3.63) is 6.42 Å². The fourth-order valence-corrected chi connectivity index (χ4v) is 0.515. The standard InChI is InChI=1S/C5H8NO/c1-5(7)6-3-2-4-6/h2H,3-4H2,1H3. The Morgan fingerprint density at radius 1 is 1.71 bits per heavy atom. The Hall–Kier alpha value is -0.530. The quantitative estimate of drug-likeness (QED) is 0.419. The predicted molar refractivity (Wildman–Crippen MR) is 26.6 cm³/mol. The molecule has 1 radical (unpaired) electrons. The van der Waals surface area contributed by atoms with E-state index in [-0.39, 0.29) is 5.91 Å². The maximum atomic E-state index is 10.3. The molecule has 0 aromatic carbocycles. The van der Waals surface area contributed by atoms with E-state index in [4.69, 9.17) is 0 Å². The minimum absolute atomic E-state index is 0.183. The van der Waals surface area contributed by atoms with Gasteiger partial charge < -0.3 is 4.90 Å². The largest absolute Gasteiger partial charge is 0.342 e. The molecule has 1 rings (SSSR count). The van der Waals surface area contributed by atoms with E-state index in [1.54, 1.807) is 11.8 Å². The summed E-state index contributed by atoms with van der Waals surface area (Å²) in [5, 5.41) is 0. The van der Waals surface area contributed by atoms with Crippen LogP contribution in [0.4, 0.5) is 0 Å². The molecule has 1 aliphatic rings. The fraction of sp³-hybridized carbons (Fsp3) is 0.600. The van der Waals surface area contributed by atoms with Gasteiger partial charge in [0.05, 0.1) is 0 Å². The molecule has 1 fully saturated rings. The van der Waals surface area contributed by atoms with Crippen LogP contribution < -0.4 is 0 Å². The van der Waals surface area contributed by atoms with E-state index in [2.05, 4.69) is 6.42 Å². The molecular formula is C5H8NO. The molecule has 0 aromatic heterocycles. The molecule has 0 spiro atoms. The zero-order valence-corrected chi connectivity index (χ0v) is 4.35. The number of likely N-dealkylation sites (tertiary alicyclic amines) is 1. The van der Waals surface area contributed by atoms with Crippen LogP contribution in [-0.4, -0.2) is 23.9 Å². The molecule has 0 unspecified atom stereocenters. The van der Waals surface area contributed by atoms with Crippen molar-refractivity contribution < 1.29 is 4.79 Å². The van der Waals surface area contributed by atoms with Gasteiger partial charge in [0.25, 0.3) is 0 Å². The highest BCUT2D eigenvalue weighted by Gasteiger charge is 2.15. The SMILES string of the molecule is CC(=O)N1C[CH]C1. The highest BCUT2D eigenvalue weighted by atomic mass is 16.2. The molecule has 1 aliphatic heterocycles. The third-order valence-electron chi connectivity index (χ3n) is 1.14. The van der Waals surface area contributed by atoms with Gasteiger partial charge in [-0.05, 0) is 0 Å². The van der Waals surface area contributed by atoms with Gasteiger partial charge >= 0.3 is 0 Å². The van der Waals surface area contributed by atoms with Gasteiger partial charge in [0.15, 0.2) is 0 Å². The van der Waals surface area contributed by atoms with Crippen molar-refractivity contribution in [3.8, 4) is 0 Å². The van der Waals surface area contributed by atoms with Crippen molar-refractivity contribution in [2.24, 2.45) is 0 Å². The van der Waals surface area contributed by atoms with Crippen molar-refractivity contribution in [2.75, 3.05) is 13.1 Å². The molecular weight excluding hydrogens is 90.1 g/mol. The molecule has 0 N–H and O–H groups in total. The Balaban J connectivity index is 2.27. The second-order valence-corrected chi connectivity index (χ2v) is 1.71. The Labute approximate surface area is 43.1 Å². The molecule has 2 heteroatoms. The van der Waals surface area contributed by atoms with E-state index >= 15 is 0 Å². The Morgan fingerprint density at radius 2 is 2.29 bits per heavy atom. The zero-order valence-electron chi connectivity index (χ0n) is 4.35. The summed E-state index contributed by atoms with van der Waals surface area (Å²) in [5.41, 5.74) is 0. The summed E-state index contributed by atoms with van der Waals surface area (Å²) in [4.78, 5) is 12.1. The van der Waals surface area contributed by atoms with E-state index in [1.165, 1.54) is 0 Å². The van der Waals surface area contributed by atoms with Crippen molar-refractivity contribution in [3.63, 3.8) is 0 Å². The third kappa shape index (κ3) is 0.734. The summed E-state index contributed by atoms with van der Waals surface area (Å²) >= 11 is 0. The first-order valence-corrected chi connectivity index (χ1v) is 2.38. The van der Waals surface area contributed by atoms with E-state index in [0.29, 0.717) is 0 Å². The van der Waals surface area contributed by atoms with Crippen LogP contribution in [0.2, 0.25) is 0 Å². The zero-order chi connectivity index (χ0) is 5.28. The van der Waals surface area contributed by atoms with Crippen molar-refractivity contribution in [2.45, 2.75) is 6.92 Å². The number of rotatable bonds is 0. The molecule has 0 aliphatic carbocycles. The van der Waals surface area contributed by atoms with Gasteiger partial charge in [-0.1, -0.05) is 0 Å². The molecule has 0 aromatic rings. The van der Waals surface area contributed by atoms with Gasteiger partial charge in [-0.3, -0.25) is 4.79 Å². The number of carbonyl (C=O) groups is 1. The number of nitrogens with zero attached hydrogens (tertiary/aromatic N) is 1. The Kier molecular flexibility index (Phi) is 1.01. The molecule has 1 heterocycles. The molecule has 2 nitrogen and oxygen atoms in total. The molecule has 1 amide bonds. The highest BCUT2D eigenvalue weighted by Crippen LogP contribution is 2.02. The molecule has 0 atom stereocenters. The van der Waals surface area contributed by atoms with Crippen LogP contribution in [0.5, 0.6) is 0 Å². The van der Waals surface area contributed by atoms with Crippen molar-refractivity contribution in [1.82, 2.24) is 4.90 Å². The summed E-state index contributed by atoms with van der Waals surface area (Å²) in [5.74, 6) is 0.183. The monoisotopic (exact) mass is 98.1 g/mol. The molecule has 0 saturated carbocycles. The fourth-order valence-electron chi connectivity index (χ4n) is 0.515. The molecule has 1 saturated heterocycles. The minimum atomic E-state index is 0.183. The number of amides is 1. The number of carbonyl (C=O) groups excluding carboxylic acids is 1. The van der Waals surface area contributed by atoms with Crippen LogP contribution in [0, 0.1) is 6.42 Å². The average Bonchev–Trinajstić information content (AvgIpc) is 1.23. The first-order valence-electron chi connectivity index (χ1n) is 2.38. The van der Waals surface area contributed by atoms with Gasteiger partial charge in [-0.15, -0.1) is 0 Å².